The first-order valence-electron chi connectivity index (χ1n) is 10.5. The number of hydrogen-bond donors (Lipinski definition) is 1. The van der Waals surface area contributed by atoms with Gasteiger partial charge in [0, 0.05) is 12.1 Å². The first-order valence-corrected chi connectivity index (χ1v) is 10.5. The van der Waals surface area contributed by atoms with Crippen LogP contribution in [-0.2, 0) is 11.4 Å². The molecule has 0 radical (unpaired) electrons. The number of nitrogens with zero attached hydrogens (tertiary/aromatic N) is 2. The highest BCUT2D eigenvalue weighted by Gasteiger charge is 2.14. The number of nitrogens with one attached hydrogen (secondary N) is 1. The van der Waals surface area contributed by atoms with Gasteiger partial charge in [-0.05, 0) is 66.1 Å². The SMILES string of the molecule is COc1ccc(C)cc1NC(=O)/C(C#N)=C/c1ccc(OCc2ccc([N+](=O)[O-])cc2)c(OC)c1. The summed E-state index contributed by atoms with van der Waals surface area (Å²) in [6.07, 6.45) is 1.44. The van der Waals surface area contributed by atoms with Gasteiger partial charge in [-0.2, -0.15) is 5.26 Å². The van der Waals surface area contributed by atoms with Gasteiger partial charge in [0.15, 0.2) is 11.5 Å². The van der Waals surface area contributed by atoms with E-state index in [0.717, 1.165) is 11.1 Å². The molecule has 178 valence electrons. The molecule has 0 bridgehead atoms. The van der Waals surface area contributed by atoms with Crippen molar-refractivity contribution in [2.75, 3.05) is 19.5 Å². The Labute approximate surface area is 202 Å². The van der Waals surface area contributed by atoms with Gasteiger partial charge < -0.3 is 19.5 Å². The minimum Gasteiger partial charge on any atom is -0.495 e. The molecule has 0 aliphatic carbocycles. The van der Waals surface area contributed by atoms with E-state index in [2.05, 4.69) is 5.32 Å². The summed E-state index contributed by atoms with van der Waals surface area (Å²) in [6, 6.07) is 18.3. The number of carbonyl (C=O) groups is 1. The van der Waals surface area contributed by atoms with Gasteiger partial charge in [0.25, 0.3) is 11.6 Å². The molecule has 1 amide bonds. The molecule has 35 heavy (non-hydrogen) atoms. The minimum absolute atomic E-state index is 0.000599. The highest BCUT2D eigenvalue weighted by molar-refractivity contribution is 6.10. The summed E-state index contributed by atoms with van der Waals surface area (Å²) in [4.78, 5) is 23.0. The molecule has 0 saturated carbocycles. The average Bonchev–Trinajstić information content (AvgIpc) is 2.86. The van der Waals surface area contributed by atoms with Crippen LogP contribution in [0.3, 0.4) is 0 Å². The number of nitro groups is 1. The van der Waals surface area contributed by atoms with Crippen LogP contribution in [0, 0.1) is 28.4 Å². The number of hydrogen-bond acceptors (Lipinski definition) is 7. The molecule has 0 fully saturated rings. The Morgan fingerprint density at radius 1 is 1.03 bits per heavy atom. The number of anilines is 1. The second-order valence-corrected chi connectivity index (χ2v) is 7.45. The average molecular weight is 473 g/mol. The monoisotopic (exact) mass is 473 g/mol. The zero-order chi connectivity index (χ0) is 25.4. The van der Waals surface area contributed by atoms with E-state index >= 15 is 0 Å². The van der Waals surface area contributed by atoms with Crippen LogP contribution in [0.25, 0.3) is 6.08 Å². The molecule has 0 atom stereocenters. The van der Waals surface area contributed by atoms with Crippen LogP contribution >= 0.6 is 0 Å². The lowest BCUT2D eigenvalue weighted by atomic mass is 10.1. The van der Waals surface area contributed by atoms with Crippen LogP contribution in [0.1, 0.15) is 16.7 Å². The summed E-state index contributed by atoms with van der Waals surface area (Å²) in [7, 11) is 2.97. The largest absolute Gasteiger partial charge is 0.495 e. The van der Waals surface area contributed by atoms with Crippen LogP contribution in [0.2, 0.25) is 0 Å². The van der Waals surface area contributed by atoms with E-state index in [0.29, 0.717) is 28.5 Å². The molecule has 3 aromatic carbocycles. The molecule has 0 unspecified atom stereocenters. The van der Waals surface area contributed by atoms with Crippen LogP contribution in [0.5, 0.6) is 17.2 Å². The highest BCUT2D eigenvalue weighted by Crippen LogP contribution is 2.30. The van der Waals surface area contributed by atoms with Gasteiger partial charge in [-0.1, -0.05) is 12.1 Å². The smallest absolute Gasteiger partial charge is 0.269 e. The summed E-state index contributed by atoms with van der Waals surface area (Å²) in [5.74, 6) is 0.750. The Morgan fingerprint density at radius 3 is 2.34 bits per heavy atom. The first kappa shape index (κ1) is 24.8. The Morgan fingerprint density at radius 2 is 1.71 bits per heavy atom. The van der Waals surface area contributed by atoms with Crippen molar-refractivity contribution in [3.63, 3.8) is 0 Å². The third kappa shape index (κ3) is 6.36. The molecule has 1 N–H and O–H groups in total. The molecule has 0 aliphatic rings. The van der Waals surface area contributed by atoms with Crippen molar-refractivity contribution >= 4 is 23.4 Å². The number of carbonyl (C=O) groups excluding carboxylic acids is 1. The number of methoxy groups -OCH3 is 2. The van der Waals surface area contributed by atoms with Gasteiger partial charge >= 0.3 is 0 Å². The number of ether oxygens (including phenoxy) is 3. The maximum atomic E-state index is 12.7. The Bertz CT molecular complexity index is 1310. The molecule has 0 saturated heterocycles. The van der Waals surface area contributed by atoms with E-state index < -0.39 is 10.8 Å². The maximum Gasteiger partial charge on any atom is 0.269 e. The molecule has 0 spiro atoms. The van der Waals surface area contributed by atoms with Crippen molar-refractivity contribution in [2.45, 2.75) is 13.5 Å². The molecule has 9 nitrogen and oxygen atoms in total. The van der Waals surface area contributed by atoms with Crippen LogP contribution in [-0.4, -0.2) is 25.1 Å². The lowest BCUT2D eigenvalue weighted by Gasteiger charge is -2.12. The highest BCUT2D eigenvalue weighted by atomic mass is 16.6. The van der Waals surface area contributed by atoms with Crippen molar-refractivity contribution in [1.29, 1.82) is 5.26 Å². The number of nitriles is 1. The zero-order valence-corrected chi connectivity index (χ0v) is 19.4. The Balaban J connectivity index is 1.76. The Kier molecular flexibility index (Phi) is 8.03. The van der Waals surface area contributed by atoms with Gasteiger partial charge in [0.2, 0.25) is 0 Å². The van der Waals surface area contributed by atoms with E-state index in [1.807, 2.05) is 19.1 Å². The predicted octanol–water partition coefficient (Wildman–Crippen LogP) is 5.05. The molecular formula is C26H23N3O6. The quantitative estimate of drug-likeness (QED) is 0.200. The predicted molar refractivity (Wildman–Crippen MR) is 130 cm³/mol. The summed E-state index contributed by atoms with van der Waals surface area (Å²) < 4.78 is 16.5. The first-order chi connectivity index (χ1) is 16.8. The fourth-order valence-electron chi connectivity index (χ4n) is 3.19. The summed E-state index contributed by atoms with van der Waals surface area (Å²) in [5, 5.41) is 23.0. The number of nitro benzene ring substituents is 1. The van der Waals surface area contributed by atoms with Gasteiger partial charge in [0.05, 0.1) is 24.8 Å². The van der Waals surface area contributed by atoms with Crippen molar-refractivity contribution in [3.8, 4) is 23.3 Å². The van der Waals surface area contributed by atoms with E-state index in [9.17, 15) is 20.2 Å². The molecule has 0 aromatic heterocycles. The lowest BCUT2D eigenvalue weighted by molar-refractivity contribution is -0.384. The molecule has 3 rings (SSSR count). The third-order valence-electron chi connectivity index (χ3n) is 5.01. The summed E-state index contributed by atoms with van der Waals surface area (Å²) in [6.45, 7) is 2.06. The standard InChI is InChI=1S/C26H23N3O6/c1-17-4-10-23(33-2)22(12-17)28-26(30)20(15-27)13-19-7-11-24(25(14-19)34-3)35-16-18-5-8-21(9-6-18)29(31)32/h4-14H,16H2,1-3H3,(H,28,30)/b20-13+. The van der Waals surface area contributed by atoms with Crippen LogP contribution in [0.4, 0.5) is 11.4 Å². The second-order valence-electron chi connectivity index (χ2n) is 7.45. The second kappa shape index (κ2) is 11.3. The molecule has 0 aliphatic heterocycles. The molecule has 3 aromatic rings. The number of rotatable bonds is 9. The molecule has 0 heterocycles. The van der Waals surface area contributed by atoms with Gasteiger partial charge in [0.1, 0.15) is 24.0 Å². The molecular weight excluding hydrogens is 450 g/mol. The van der Waals surface area contributed by atoms with Crippen molar-refractivity contribution in [3.05, 3.63) is 93.0 Å². The minimum atomic E-state index is -0.575. The summed E-state index contributed by atoms with van der Waals surface area (Å²) in [5.41, 5.74) is 2.60. The van der Waals surface area contributed by atoms with E-state index in [1.54, 1.807) is 42.5 Å². The van der Waals surface area contributed by atoms with E-state index in [1.165, 1.54) is 32.4 Å². The zero-order valence-electron chi connectivity index (χ0n) is 19.4. The number of benzene rings is 3. The summed E-state index contributed by atoms with van der Waals surface area (Å²) >= 11 is 0. The third-order valence-corrected chi connectivity index (χ3v) is 5.01. The number of aryl methyl sites for hydroxylation is 1. The topological polar surface area (TPSA) is 124 Å². The van der Waals surface area contributed by atoms with Crippen molar-refractivity contribution in [1.82, 2.24) is 0 Å². The maximum absolute atomic E-state index is 12.7. The van der Waals surface area contributed by atoms with Crippen LogP contribution in [0.15, 0.2) is 66.2 Å². The normalized spacial score (nSPS) is 10.7. The number of non-ortho nitro benzene ring substituents is 1. The van der Waals surface area contributed by atoms with Crippen molar-refractivity contribution < 1.29 is 23.9 Å². The number of amides is 1. The van der Waals surface area contributed by atoms with Crippen LogP contribution < -0.4 is 19.5 Å². The fourth-order valence-corrected chi connectivity index (χ4v) is 3.19. The van der Waals surface area contributed by atoms with E-state index in [4.69, 9.17) is 14.2 Å². The molecule has 9 heteroatoms. The van der Waals surface area contributed by atoms with Gasteiger partial charge in [-0.3, -0.25) is 14.9 Å². The van der Waals surface area contributed by atoms with Crippen molar-refractivity contribution in [2.24, 2.45) is 0 Å². The lowest BCUT2D eigenvalue weighted by Crippen LogP contribution is -2.14. The Hall–Kier alpha value is -4.84. The fraction of sp³-hybridized carbons (Fsp3) is 0.154. The van der Waals surface area contributed by atoms with Gasteiger partial charge in [-0.15, -0.1) is 0 Å². The van der Waals surface area contributed by atoms with E-state index in [-0.39, 0.29) is 17.9 Å². The van der Waals surface area contributed by atoms with Gasteiger partial charge in [-0.25, -0.2) is 0 Å².